The van der Waals surface area contributed by atoms with Gasteiger partial charge in [0.25, 0.3) is 0 Å². The second-order valence-corrected chi connectivity index (χ2v) is 8.18. The number of hydrogen-bond donors (Lipinski definition) is 1. The van der Waals surface area contributed by atoms with Crippen LogP contribution in [0.3, 0.4) is 0 Å². The standard InChI is InChI=1S/C20H15Br2Cl2NO/c21-17-8-13(11-25-16-6-3-5-15(23)10-16)9-18(22)20(17)26-12-14-4-1-2-7-19(14)24/h1-10,25H,11-12H2. The molecule has 0 spiro atoms. The van der Waals surface area contributed by atoms with Crippen LogP contribution in [0.25, 0.3) is 0 Å². The second kappa shape index (κ2) is 9.14. The van der Waals surface area contributed by atoms with Crippen molar-refractivity contribution < 1.29 is 4.74 Å². The van der Waals surface area contributed by atoms with E-state index in [1.54, 1.807) is 0 Å². The largest absolute Gasteiger partial charge is 0.486 e. The highest BCUT2D eigenvalue weighted by Gasteiger charge is 2.10. The van der Waals surface area contributed by atoms with Crippen LogP contribution in [-0.4, -0.2) is 0 Å². The first-order valence-electron chi connectivity index (χ1n) is 7.86. The molecule has 0 atom stereocenters. The molecule has 0 heterocycles. The van der Waals surface area contributed by atoms with Crippen LogP contribution in [0.15, 0.2) is 69.6 Å². The van der Waals surface area contributed by atoms with Crippen molar-refractivity contribution >= 4 is 60.7 Å². The van der Waals surface area contributed by atoms with E-state index >= 15 is 0 Å². The van der Waals surface area contributed by atoms with Gasteiger partial charge < -0.3 is 10.1 Å². The van der Waals surface area contributed by atoms with E-state index in [9.17, 15) is 0 Å². The summed E-state index contributed by atoms with van der Waals surface area (Å²) in [7, 11) is 0. The SMILES string of the molecule is Clc1cccc(NCc2cc(Br)c(OCc3ccccc3Cl)c(Br)c2)c1. The van der Waals surface area contributed by atoms with Crippen LogP contribution in [0.5, 0.6) is 5.75 Å². The lowest BCUT2D eigenvalue weighted by Crippen LogP contribution is -2.02. The van der Waals surface area contributed by atoms with Crippen molar-refractivity contribution in [3.8, 4) is 5.75 Å². The van der Waals surface area contributed by atoms with Gasteiger partial charge in [0.1, 0.15) is 12.4 Å². The molecule has 0 aliphatic heterocycles. The molecule has 0 aliphatic rings. The van der Waals surface area contributed by atoms with Gasteiger partial charge in [-0.15, -0.1) is 0 Å². The molecular weight excluding hydrogens is 501 g/mol. The molecule has 0 amide bonds. The van der Waals surface area contributed by atoms with E-state index in [1.165, 1.54) is 0 Å². The van der Waals surface area contributed by atoms with E-state index < -0.39 is 0 Å². The highest BCUT2D eigenvalue weighted by molar-refractivity contribution is 9.11. The Balaban J connectivity index is 1.69. The molecule has 134 valence electrons. The minimum atomic E-state index is 0.400. The normalized spacial score (nSPS) is 10.6. The molecule has 6 heteroatoms. The summed E-state index contributed by atoms with van der Waals surface area (Å²) in [5, 5.41) is 4.76. The lowest BCUT2D eigenvalue weighted by molar-refractivity contribution is 0.302. The van der Waals surface area contributed by atoms with Crippen LogP contribution in [0.4, 0.5) is 5.69 Å². The van der Waals surface area contributed by atoms with Gasteiger partial charge in [-0.25, -0.2) is 0 Å². The molecule has 2 nitrogen and oxygen atoms in total. The topological polar surface area (TPSA) is 21.3 Å². The monoisotopic (exact) mass is 513 g/mol. The van der Waals surface area contributed by atoms with E-state index in [4.69, 9.17) is 27.9 Å². The summed E-state index contributed by atoms with van der Waals surface area (Å²) in [5.41, 5.74) is 3.03. The van der Waals surface area contributed by atoms with Crippen molar-refractivity contribution in [2.24, 2.45) is 0 Å². The van der Waals surface area contributed by atoms with Crippen molar-refractivity contribution in [3.63, 3.8) is 0 Å². The number of rotatable bonds is 6. The fraction of sp³-hybridized carbons (Fsp3) is 0.100. The maximum Gasteiger partial charge on any atom is 0.148 e. The smallest absolute Gasteiger partial charge is 0.148 e. The highest BCUT2D eigenvalue weighted by atomic mass is 79.9. The van der Waals surface area contributed by atoms with Crippen molar-refractivity contribution in [2.45, 2.75) is 13.2 Å². The lowest BCUT2D eigenvalue weighted by atomic mass is 10.2. The summed E-state index contributed by atoms with van der Waals surface area (Å²) in [4.78, 5) is 0. The van der Waals surface area contributed by atoms with Gasteiger partial charge in [-0.3, -0.25) is 0 Å². The molecular formula is C20H15Br2Cl2NO. The Kier molecular flexibility index (Phi) is 6.87. The van der Waals surface area contributed by atoms with E-state index in [-0.39, 0.29) is 0 Å². The molecule has 0 fully saturated rings. The summed E-state index contributed by atoms with van der Waals surface area (Å²) in [6, 6.07) is 19.4. The summed E-state index contributed by atoms with van der Waals surface area (Å²) in [6.45, 7) is 1.07. The minimum Gasteiger partial charge on any atom is -0.486 e. The van der Waals surface area contributed by atoms with Gasteiger partial charge in [0.05, 0.1) is 8.95 Å². The Morgan fingerprint density at radius 2 is 1.62 bits per heavy atom. The predicted octanol–water partition coefficient (Wildman–Crippen LogP) is 7.71. The Hall–Kier alpha value is -1.20. The second-order valence-electron chi connectivity index (χ2n) is 5.63. The van der Waals surface area contributed by atoms with Crippen molar-refractivity contribution in [1.82, 2.24) is 0 Å². The summed E-state index contributed by atoms with van der Waals surface area (Å²) in [5.74, 6) is 0.747. The fourth-order valence-corrected chi connectivity index (χ4v) is 4.31. The van der Waals surface area contributed by atoms with Crippen LogP contribution in [-0.2, 0) is 13.2 Å². The number of ether oxygens (including phenoxy) is 1. The van der Waals surface area contributed by atoms with Crippen molar-refractivity contribution in [1.29, 1.82) is 0 Å². The Morgan fingerprint density at radius 3 is 2.31 bits per heavy atom. The van der Waals surface area contributed by atoms with Gasteiger partial charge in [-0.2, -0.15) is 0 Å². The minimum absolute atomic E-state index is 0.400. The van der Waals surface area contributed by atoms with E-state index in [0.29, 0.717) is 23.2 Å². The fourth-order valence-electron chi connectivity index (χ4n) is 2.42. The third kappa shape index (κ3) is 5.17. The van der Waals surface area contributed by atoms with Crippen LogP contribution in [0.2, 0.25) is 10.0 Å². The molecule has 0 unspecified atom stereocenters. The molecule has 0 radical (unpaired) electrons. The van der Waals surface area contributed by atoms with Crippen LogP contribution in [0.1, 0.15) is 11.1 Å². The molecule has 0 saturated heterocycles. The number of nitrogens with one attached hydrogen (secondary N) is 1. The zero-order valence-corrected chi connectivity index (χ0v) is 18.3. The summed E-state index contributed by atoms with van der Waals surface area (Å²) >= 11 is 19.4. The first-order valence-corrected chi connectivity index (χ1v) is 10.2. The summed E-state index contributed by atoms with van der Waals surface area (Å²) in [6.07, 6.45) is 0. The van der Waals surface area contributed by atoms with Gasteiger partial charge in [-0.05, 0) is 73.8 Å². The number of benzene rings is 3. The predicted molar refractivity (Wildman–Crippen MR) is 116 cm³/mol. The number of halogens is 4. The first kappa shape index (κ1) is 19.6. The van der Waals surface area contributed by atoms with Gasteiger partial charge in [0, 0.05) is 27.8 Å². The first-order chi connectivity index (χ1) is 12.5. The molecule has 0 saturated carbocycles. The zero-order chi connectivity index (χ0) is 18.5. The third-order valence-electron chi connectivity index (χ3n) is 3.71. The van der Waals surface area contributed by atoms with Gasteiger partial charge >= 0.3 is 0 Å². The number of anilines is 1. The molecule has 0 bridgehead atoms. The Labute approximate surface area is 179 Å². The van der Waals surface area contributed by atoms with E-state index in [1.807, 2.05) is 60.7 Å². The Morgan fingerprint density at radius 1 is 0.885 bits per heavy atom. The molecule has 0 aromatic heterocycles. The molecule has 3 aromatic rings. The number of hydrogen-bond acceptors (Lipinski definition) is 2. The highest BCUT2D eigenvalue weighted by Crippen LogP contribution is 2.36. The van der Waals surface area contributed by atoms with Crippen LogP contribution in [0, 0.1) is 0 Å². The third-order valence-corrected chi connectivity index (χ3v) is 5.49. The lowest BCUT2D eigenvalue weighted by Gasteiger charge is -2.14. The van der Waals surface area contributed by atoms with Crippen LogP contribution < -0.4 is 10.1 Å². The molecule has 3 rings (SSSR count). The average Bonchev–Trinajstić information content (AvgIpc) is 2.61. The van der Waals surface area contributed by atoms with E-state index in [2.05, 4.69) is 37.2 Å². The zero-order valence-electron chi connectivity index (χ0n) is 13.6. The molecule has 26 heavy (non-hydrogen) atoms. The van der Waals surface area contributed by atoms with Crippen LogP contribution >= 0.6 is 55.1 Å². The molecule has 0 aliphatic carbocycles. The average molecular weight is 516 g/mol. The van der Waals surface area contributed by atoms with Gasteiger partial charge in [0.2, 0.25) is 0 Å². The summed E-state index contributed by atoms with van der Waals surface area (Å²) < 4.78 is 7.71. The van der Waals surface area contributed by atoms with Gasteiger partial charge in [-0.1, -0.05) is 47.5 Å². The maximum atomic E-state index is 6.18. The quantitative estimate of drug-likeness (QED) is 0.363. The van der Waals surface area contributed by atoms with E-state index in [0.717, 1.165) is 31.5 Å². The maximum absolute atomic E-state index is 6.18. The molecule has 3 aromatic carbocycles. The van der Waals surface area contributed by atoms with Crippen molar-refractivity contribution in [3.05, 3.63) is 90.8 Å². The van der Waals surface area contributed by atoms with Gasteiger partial charge in [0.15, 0.2) is 0 Å². The van der Waals surface area contributed by atoms with Crippen molar-refractivity contribution in [2.75, 3.05) is 5.32 Å². The Bertz CT molecular complexity index is 895. The molecule has 1 N–H and O–H groups in total.